The molecule has 0 aliphatic rings. The predicted octanol–water partition coefficient (Wildman–Crippen LogP) is 3.72. The summed E-state index contributed by atoms with van der Waals surface area (Å²) in [7, 11) is 0. The number of aryl methyl sites for hydroxylation is 1. The van der Waals surface area contributed by atoms with E-state index >= 15 is 0 Å². The molecule has 0 spiro atoms. The van der Waals surface area contributed by atoms with Crippen LogP contribution in [0, 0.1) is 12.8 Å². The van der Waals surface area contributed by atoms with E-state index in [0.29, 0.717) is 11.7 Å². The lowest BCUT2D eigenvalue weighted by Crippen LogP contribution is -2.03. The fraction of sp³-hybridized carbons (Fsp3) is 0.357. The fourth-order valence-corrected chi connectivity index (χ4v) is 2.60. The van der Waals surface area contributed by atoms with Crippen molar-refractivity contribution in [1.82, 2.24) is 9.78 Å². The van der Waals surface area contributed by atoms with Crippen molar-refractivity contribution in [3.8, 4) is 5.69 Å². The Bertz CT molecular complexity index is 558. The summed E-state index contributed by atoms with van der Waals surface area (Å²) >= 11 is 3.56. The van der Waals surface area contributed by atoms with E-state index in [0.717, 1.165) is 22.3 Å². The highest BCUT2D eigenvalue weighted by molar-refractivity contribution is 9.10. The van der Waals surface area contributed by atoms with Crippen LogP contribution in [0.15, 0.2) is 28.7 Å². The number of aromatic nitrogens is 2. The maximum Gasteiger partial charge on any atom is 0.127 e. The van der Waals surface area contributed by atoms with E-state index in [1.165, 1.54) is 5.56 Å². The molecule has 0 amide bonds. The predicted molar refractivity (Wildman–Crippen MR) is 79.0 cm³/mol. The fourth-order valence-electron chi connectivity index (χ4n) is 1.94. The maximum atomic E-state index is 6.04. The monoisotopic (exact) mass is 307 g/mol. The first-order chi connectivity index (χ1) is 8.47. The molecule has 0 atom stereocenters. The van der Waals surface area contributed by atoms with Gasteiger partial charge in [0.1, 0.15) is 5.82 Å². The minimum Gasteiger partial charge on any atom is -0.384 e. The summed E-state index contributed by atoms with van der Waals surface area (Å²) in [4.78, 5) is 0. The standard InChI is InChI=1S/C14H18BrN3/c1-9(2)6-11-8-14(16)18(17-11)13-5-4-10(3)7-12(13)15/h4-5,7-9H,6,16H2,1-3H3. The molecule has 0 saturated heterocycles. The van der Waals surface area contributed by atoms with Crippen molar-refractivity contribution in [3.63, 3.8) is 0 Å². The quantitative estimate of drug-likeness (QED) is 0.939. The Balaban J connectivity index is 2.41. The zero-order valence-corrected chi connectivity index (χ0v) is 12.5. The van der Waals surface area contributed by atoms with Gasteiger partial charge in [-0.25, -0.2) is 4.68 Å². The molecule has 18 heavy (non-hydrogen) atoms. The molecule has 96 valence electrons. The summed E-state index contributed by atoms with van der Waals surface area (Å²) < 4.78 is 2.80. The van der Waals surface area contributed by atoms with E-state index < -0.39 is 0 Å². The van der Waals surface area contributed by atoms with Crippen LogP contribution >= 0.6 is 15.9 Å². The summed E-state index contributed by atoms with van der Waals surface area (Å²) in [6, 6.07) is 8.11. The van der Waals surface area contributed by atoms with Gasteiger partial charge < -0.3 is 5.73 Å². The van der Waals surface area contributed by atoms with Gasteiger partial charge in [0.15, 0.2) is 0 Å². The molecule has 0 unspecified atom stereocenters. The lowest BCUT2D eigenvalue weighted by atomic mass is 10.1. The number of anilines is 1. The van der Waals surface area contributed by atoms with Crippen molar-refractivity contribution in [3.05, 3.63) is 40.0 Å². The van der Waals surface area contributed by atoms with E-state index in [4.69, 9.17) is 5.73 Å². The van der Waals surface area contributed by atoms with Crippen LogP contribution in [-0.4, -0.2) is 9.78 Å². The van der Waals surface area contributed by atoms with Crippen LogP contribution in [-0.2, 0) is 6.42 Å². The summed E-state index contributed by atoms with van der Waals surface area (Å²) in [5.74, 6) is 1.25. The van der Waals surface area contributed by atoms with Gasteiger partial charge in [-0.3, -0.25) is 0 Å². The molecule has 0 saturated carbocycles. The smallest absolute Gasteiger partial charge is 0.127 e. The molecular weight excluding hydrogens is 290 g/mol. The van der Waals surface area contributed by atoms with Gasteiger partial charge in [-0.1, -0.05) is 19.9 Å². The molecule has 2 aromatic rings. The second-order valence-corrected chi connectivity index (χ2v) is 5.88. The van der Waals surface area contributed by atoms with Crippen molar-refractivity contribution in [1.29, 1.82) is 0 Å². The van der Waals surface area contributed by atoms with Crippen molar-refractivity contribution in [2.75, 3.05) is 5.73 Å². The highest BCUT2D eigenvalue weighted by atomic mass is 79.9. The molecule has 1 aromatic carbocycles. The zero-order chi connectivity index (χ0) is 13.3. The Morgan fingerprint density at radius 2 is 2.06 bits per heavy atom. The van der Waals surface area contributed by atoms with Gasteiger partial charge >= 0.3 is 0 Å². The second-order valence-electron chi connectivity index (χ2n) is 5.03. The lowest BCUT2D eigenvalue weighted by Gasteiger charge is -2.07. The van der Waals surface area contributed by atoms with Crippen molar-refractivity contribution in [2.45, 2.75) is 27.2 Å². The molecule has 0 bridgehead atoms. The van der Waals surface area contributed by atoms with Gasteiger partial charge in [-0.15, -0.1) is 0 Å². The van der Waals surface area contributed by atoms with Gasteiger partial charge in [0.2, 0.25) is 0 Å². The van der Waals surface area contributed by atoms with Gasteiger partial charge in [0.25, 0.3) is 0 Å². The summed E-state index contributed by atoms with van der Waals surface area (Å²) in [5, 5.41) is 4.57. The maximum absolute atomic E-state index is 6.04. The Kier molecular flexibility index (Phi) is 3.76. The Labute approximate surface area is 116 Å². The molecule has 4 heteroatoms. The van der Waals surface area contributed by atoms with E-state index in [-0.39, 0.29) is 0 Å². The van der Waals surface area contributed by atoms with Crippen LogP contribution in [0.25, 0.3) is 5.69 Å². The van der Waals surface area contributed by atoms with Crippen molar-refractivity contribution >= 4 is 21.7 Å². The normalized spacial score (nSPS) is 11.2. The Hall–Kier alpha value is -1.29. The van der Waals surface area contributed by atoms with Gasteiger partial charge in [-0.05, 0) is 52.9 Å². The van der Waals surface area contributed by atoms with E-state index in [1.54, 1.807) is 4.68 Å². The Morgan fingerprint density at radius 3 is 2.67 bits per heavy atom. The average molecular weight is 308 g/mol. The molecule has 1 heterocycles. The zero-order valence-electron chi connectivity index (χ0n) is 10.9. The minimum atomic E-state index is 0.578. The lowest BCUT2D eigenvalue weighted by molar-refractivity contribution is 0.628. The number of nitrogens with two attached hydrogens (primary N) is 1. The van der Waals surface area contributed by atoms with Gasteiger partial charge in [0.05, 0.1) is 11.4 Å². The molecule has 0 aliphatic carbocycles. The molecule has 0 fully saturated rings. The topological polar surface area (TPSA) is 43.8 Å². The first kappa shape index (κ1) is 13.1. The Morgan fingerprint density at radius 1 is 1.33 bits per heavy atom. The number of hydrogen-bond acceptors (Lipinski definition) is 2. The van der Waals surface area contributed by atoms with E-state index in [9.17, 15) is 0 Å². The average Bonchev–Trinajstić information content (AvgIpc) is 2.58. The summed E-state index contributed by atoms with van der Waals surface area (Å²) in [6.45, 7) is 6.42. The van der Waals surface area contributed by atoms with Crippen LogP contribution in [0.4, 0.5) is 5.82 Å². The highest BCUT2D eigenvalue weighted by Gasteiger charge is 2.10. The molecule has 1 aromatic heterocycles. The third-order valence-electron chi connectivity index (χ3n) is 2.74. The summed E-state index contributed by atoms with van der Waals surface area (Å²) in [6.07, 6.45) is 0.945. The largest absolute Gasteiger partial charge is 0.384 e. The molecule has 3 nitrogen and oxygen atoms in total. The molecule has 0 radical (unpaired) electrons. The molecular formula is C14H18BrN3. The van der Waals surface area contributed by atoms with E-state index in [1.807, 2.05) is 12.1 Å². The van der Waals surface area contributed by atoms with Gasteiger partial charge in [0, 0.05) is 10.5 Å². The SMILES string of the molecule is Cc1ccc(-n2nc(CC(C)C)cc2N)c(Br)c1. The first-order valence-electron chi connectivity index (χ1n) is 6.08. The van der Waals surface area contributed by atoms with Crippen molar-refractivity contribution < 1.29 is 0 Å². The number of nitrogens with zero attached hydrogens (tertiary/aromatic N) is 2. The third-order valence-corrected chi connectivity index (χ3v) is 3.37. The number of halogens is 1. The van der Waals surface area contributed by atoms with Crippen LogP contribution in [0.3, 0.4) is 0 Å². The molecule has 0 aliphatic heterocycles. The van der Waals surface area contributed by atoms with Crippen molar-refractivity contribution in [2.24, 2.45) is 5.92 Å². The number of rotatable bonds is 3. The first-order valence-corrected chi connectivity index (χ1v) is 6.87. The highest BCUT2D eigenvalue weighted by Crippen LogP contribution is 2.25. The number of hydrogen-bond donors (Lipinski definition) is 1. The minimum absolute atomic E-state index is 0.578. The molecule has 2 N–H and O–H groups in total. The van der Waals surface area contributed by atoms with Crippen LogP contribution in [0.2, 0.25) is 0 Å². The number of benzene rings is 1. The van der Waals surface area contributed by atoms with Crippen LogP contribution in [0.1, 0.15) is 25.1 Å². The third kappa shape index (κ3) is 2.75. The molecule has 2 rings (SSSR count). The summed E-state index contributed by atoms with van der Waals surface area (Å²) in [5.41, 5.74) is 9.26. The van der Waals surface area contributed by atoms with Crippen LogP contribution < -0.4 is 5.73 Å². The van der Waals surface area contributed by atoms with Gasteiger partial charge in [-0.2, -0.15) is 5.10 Å². The number of nitrogen functional groups attached to an aromatic ring is 1. The van der Waals surface area contributed by atoms with Crippen LogP contribution in [0.5, 0.6) is 0 Å². The second kappa shape index (κ2) is 5.14. The van der Waals surface area contributed by atoms with E-state index in [2.05, 4.69) is 53.9 Å².